The molecule has 5 rings (SSSR count). The Morgan fingerprint density at radius 2 is 1.70 bits per heavy atom. The van der Waals surface area contributed by atoms with E-state index in [2.05, 4.69) is 25.5 Å². The fourth-order valence-corrected chi connectivity index (χ4v) is 5.29. The van der Waals surface area contributed by atoms with E-state index in [1.807, 2.05) is 6.92 Å². The first-order chi connectivity index (χ1) is 15.9. The van der Waals surface area contributed by atoms with Gasteiger partial charge in [0.2, 0.25) is 0 Å². The zero-order valence-electron chi connectivity index (χ0n) is 18.8. The van der Waals surface area contributed by atoms with E-state index in [9.17, 15) is 13.2 Å². The Morgan fingerprint density at radius 1 is 1.03 bits per heavy atom. The van der Waals surface area contributed by atoms with Crippen LogP contribution in [0.4, 0.5) is 19.0 Å². The Hall–Kier alpha value is -2.30. The average molecular weight is 466 g/mol. The highest BCUT2D eigenvalue weighted by Crippen LogP contribution is 2.33. The van der Waals surface area contributed by atoms with E-state index in [4.69, 9.17) is 9.84 Å². The van der Waals surface area contributed by atoms with Gasteiger partial charge < -0.3 is 14.4 Å². The molecule has 0 amide bonds. The second-order valence-corrected chi connectivity index (χ2v) is 9.08. The first kappa shape index (κ1) is 22.5. The number of morpholine rings is 1. The molecule has 10 heteroatoms. The Labute approximate surface area is 191 Å². The van der Waals surface area contributed by atoms with Gasteiger partial charge in [-0.15, -0.1) is 13.2 Å². The first-order valence-electron chi connectivity index (χ1n) is 11.6. The number of halogens is 3. The van der Waals surface area contributed by atoms with Gasteiger partial charge in [0.1, 0.15) is 5.75 Å². The van der Waals surface area contributed by atoms with Crippen molar-refractivity contribution in [2.45, 2.75) is 38.2 Å². The quantitative estimate of drug-likeness (QED) is 0.654. The summed E-state index contributed by atoms with van der Waals surface area (Å²) >= 11 is 0. The van der Waals surface area contributed by atoms with Crippen LogP contribution in [0.3, 0.4) is 0 Å². The Morgan fingerprint density at radius 3 is 2.33 bits per heavy atom. The number of hydrogen-bond donors (Lipinski definition) is 0. The summed E-state index contributed by atoms with van der Waals surface area (Å²) in [5.74, 6) is 0.689. The fourth-order valence-electron chi connectivity index (χ4n) is 5.29. The summed E-state index contributed by atoms with van der Waals surface area (Å²) in [6.07, 6.45) is -2.27. The molecule has 0 saturated carbocycles. The highest BCUT2D eigenvalue weighted by atomic mass is 19.4. The lowest BCUT2D eigenvalue weighted by Gasteiger charge is -2.42. The summed E-state index contributed by atoms with van der Waals surface area (Å²) < 4.78 is 48.5. The molecule has 3 fully saturated rings. The molecule has 4 heterocycles. The molecule has 0 spiro atoms. The maximum Gasteiger partial charge on any atom is 0.573 e. The van der Waals surface area contributed by atoms with E-state index < -0.39 is 6.36 Å². The smallest absolute Gasteiger partial charge is 0.406 e. The van der Waals surface area contributed by atoms with Crippen LogP contribution < -0.4 is 9.64 Å². The molecule has 1 aromatic heterocycles. The monoisotopic (exact) mass is 465 g/mol. The van der Waals surface area contributed by atoms with Crippen molar-refractivity contribution in [3.05, 3.63) is 36.0 Å². The lowest BCUT2D eigenvalue weighted by molar-refractivity contribution is -0.274. The zero-order valence-corrected chi connectivity index (χ0v) is 18.8. The molecule has 2 unspecified atom stereocenters. The molecule has 2 atom stereocenters. The van der Waals surface area contributed by atoms with Crippen molar-refractivity contribution in [2.75, 3.05) is 57.4 Å². The second-order valence-electron chi connectivity index (χ2n) is 9.08. The number of anilines is 1. The molecule has 3 aliphatic rings. The van der Waals surface area contributed by atoms with Crippen LogP contribution in [0.1, 0.15) is 18.5 Å². The van der Waals surface area contributed by atoms with Crippen LogP contribution in [0.25, 0.3) is 5.69 Å². The van der Waals surface area contributed by atoms with Crippen LogP contribution in [0.15, 0.2) is 30.3 Å². The zero-order chi connectivity index (χ0) is 23.0. The molecule has 180 valence electrons. The van der Waals surface area contributed by atoms with Crippen LogP contribution >= 0.6 is 0 Å². The molecular weight excluding hydrogens is 435 g/mol. The number of alkyl halides is 3. The molecule has 3 saturated heterocycles. The average Bonchev–Trinajstić information content (AvgIpc) is 3.28. The number of fused-ring (bicyclic) bond motifs is 2. The molecule has 2 aromatic rings. The predicted octanol–water partition coefficient (Wildman–Crippen LogP) is 3.06. The molecular formula is C23H30F3N5O2. The molecule has 2 bridgehead atoms. The molecule has 3 aliphatic heterocycles. The van der Waals surface area contributed by atoms with Crippen molar-refractivity contribution in [3.8, 4) is 11.4 Å². The number of aromatic nitrogens is 2. The standard InChI is InChI=1S/C23H30F3N5O2/c1-17-14-22(27-31(17)18-4-6-21(7-5-18)33-23(24,25)26)29-15-19-2-3-20(16-29)30(19)9-8-28-10-12-32-13-11-28/h4-7,14,19-20H,2-3,8-13,15-16H2,1H3. The van der Waals surface area contributed by atoms with Gasteiger partial charge in [0, 0.05) is 63.1 Å². The van der Waals surface area contributed by atoms with E-state index in [0.29, 0.717) is 17.8 Å². The largest absolute Gasteiger partial charge is 0.573 e. The summed E-state index contributed by atoms with van der Waals surface area (Å²) in [6.45, 7) is 9.78. The molecule has 1 aromatic carbocycles. The van der Waals surface area contributed by atoms with Gasteiger partial charge in [-0.05, 0) is 44.0 Å². The van der Waals surface area contributed by atoms with E-state index in [1.165, 1.54) is 25.0 Å². The maximum absolute atomic E-state index is 12.4. The maximum atomic E-state index is 12.4. The Bertz CT molecular complexity index is 929. The van der Waals surface area contributed by atoms with Crippen molar-refractivity contribution in [2.24, 2.45) is 0 Å². The van der Waals surface area contributed by atoms with Gasteiger partial charge in [-0.1, -0.05) is 0 Å². The summed E-state index contributed by atoms with van der Waals surface area (Å²) in [5, 5.41) is 4.79. The van der Waals surface area contributed by atoms with E-state index in [-0.39, 0.29) is 5.75 Å². The number of nitrogens with zero attached hydrogens (tertiary/aromatic N) is 5. The topological polar surface area (TPSA) is 46.0 Å². The van der Waals surface area contributed by atoms with Crippen LogP contribution in [-0.4, -0.2) is 90.5 Å². The molecule has 0 radical (unpaired) electrons. The van der Waals surface area contributed by atoms with Gasteiger partial charge in [-0.3, -0.25) is 9.80 Å². The van der Waals surface area contributed by atoms with Gasteiger partial charge in [0.05, 0.1) is 18.9 Å². The second kappa shape index (κ2) is 9.15. The van der Waals surface area contributed by atoms with Crippen LogP contribution in [0.5, 0.6) is 5.75 Å². The van der Waals surface area contributed by atoms with Crippen LogP contribution in [0, 0.1) is 6.92 Å². The van der Waals surface area contributed by atoms with E-state index in [1.54, 1.807) is 16.8 Å². The van der Waals surface area contributed by atoms with Crippen molar-refractivity contribution < 1.29 is 22.6 Å². The Balaban J connectivity index is 1.23. The highest BCUT2D eigenvalue weighted by Gasteiger charge is 2.40. The minimum absolute atomic E-state index is 0.235. The lowest BCUT2D eigenvalue weighted by atomic mass is 10.2. The van der Waals surface area contributed by atoms with Gasteiger partial charge in [-0.2, -0.15) is 5.10 Å². The summed E-state index contributed by atoms with van der Waals surface area (Å²) in [5.41, 5.74) is 1.65. The van der Waals surface area contributed by atoms with Gasteiger partial charge in [0.25, 0.3) is 0 Å². The van der Waals surface area contributed by atoms with E-state index >= 15 is 0 Å². The van der Waals surface area contributed by atoms with Gasteiger partial charge in [-0.25, -0.2) is 4.68 Å². The minimum Gasteiger partial charge on any atom is -0.406 e. The number of piperazine rings is 1. The number of ether oxygens (including phenoxy) is 2. The number of aryl methyl sites for hydroxylation is 1. The Kier molecular flexibility index (Phi) is 6.24. The van der Waals surface area contributed by atoms with Gasteiger partial charge >= 0.3 is 6.36 Å². The highest BCUT2D eigenvalue weighted by molar-refractivity contribution is 5.46. The number of rotatable bonds is 6. The molecule has 7 nitrogen and oxygen atoms in total. The van der Waals surface area contributed by atoms with Crippen molar-refractivity contribution in [1.29, 1.82) is 0 Å². The summed E-state index contributed by atoms with van der Waals surface area (Å²) in [7, 11) is 0. The number of benzene rings is 1. The third-order valence-electron chi connectivity index (χ3n) is 6.92. The SMILES string of the molecule is Cc1cc(N2CC3CCC(C2)N3CCN2CCOCC2)nn1-c1ccc(OC(F)(F)F)cc1. The van der Waals surface area contributed by atoms with Gasteiger partial charge in [0.15, 0.2) is 5.82 Å². The fraction of sp³-hybridized carbons (Fsp3) is 0.609. The summed E-state index contributed by atoms with van der Waals surface area (Å²) in [4.78, 5) is 7.53. The third-order valence-corrected chi connectivity index (χ3v) is 6.92. The van der Waals surface area contributed by atoms with Crippen molar-refractivity contribution in [1.82, 2.24) is 19.6 Å². The number of hydrogen-bond acceptors (Lipinski definition) is 6. The predicted molar refractivity (Wildman–Crippen MR) is 118 cm³/mol. The third kappa shape index (κ3) is 5.12. The van der Waals surface area contributed by atoms with Crippen molar-refractivity contribution in [3.63, 3.8) is 0 Å². The normalized spacial score (nSPS) is 24.4. The molecule has 0 N–H and O–H groups in total. The first-order valence-corrected chi connectivity index (χ1v) is 11.6. The lowest BCUT2D eigenvalue weighted by Crippen LogP contribution is -2.55. The summed E-state index contributed by atoms with van der Waals surface area (Å²) in [6, 6.07) is 8.95. The molecule has 0 aliphatic carbocycles. The van der Waals surface area contributed by atoms with Crippen LogP contribution in [-0.2, 0) is 4.74 Å². The van der Waals surface area contributed by atoms with E-state index in [0.717, 1.165) is 64.0 Å². The minimum atomic E-state index is -4.69. The van der Waals surface area contributed by atoms with Crippen molar-refractivity contribution >= 4 is 5.82 Å². The van der Waals surface area contributed by atoms with Crippen LogP contribution in [0.2, 0.25) is 0 Å². The molecule has 33 heavy (non-hydrogen) atoms.